The molecule has 1 fully saturated rings. The van der Waals surface area contributed by atoms with Gasteiger partial charge in [-0.25, -0.2) is 14.4 Å². The van der Waals surface area contributed by atoms with E-state index < -0.39 is 29.5 Å². The topological polar surface area (TPSA) is 78.9 Å². The van der Waals surface area contributed by atoms with Gasteiger partial charge in [0, 0.05) is 29.2 Å². The van der Waals surface area contributed by atoms with Gasteiger partial charge in [0.1, 0.15) is 5.82 Å². The van der Waals surface area contributed by atoms with E-state index in [9.17, 15) is 22.4 Å². The zero-order valence-electron chi connectivity index (χ0n) is 18.7. The molecule has 2 atom stereocenters. The largest absolute Gasteiger partial charge is 0.419 e. The first-order chi connectivity index (χ1) is 16.1. The molecule has 0 bridgehead atoms. The maximum absolute atomic E-state index is 14.3. The van der Waals surface area contributed by atoms with Gasteiger partial charge in [-0.15, -0.1) is 0 Å². The van der Waals surface area contributed by atoms with Crippen molar-refractivity contribution < 1.29 is 22.4 Å². The zero-order chi connectivity index (χ0) is 24.5. The number of hydrogen-bond acceptors (Lipinski definition) is 5. The first kappa shape index (κ1) is 23.9. The highest BCUT2D eigenvalue weighted by molar-refractivity contribution is 5.98. The number of anilines is 1. The fourth-order valence-corrected chi connectivity index (χ4v) is 4.08. The van der Waals surface area contributed by atoms with Crippen LogP contribution in [0.15, 0.2) is 42.6 Å². The number of fused-ring (bicyclic) bond motifs is 1. The summed E-state index contributed by atoms with van der Waals surface area (Å²) >= 11 is 0. The summed E-state index contributed by atoms with van der Waals surface area (Å²) in [6.45, 7) is 4.62. The predicted molar refractivity (Wildman–Crippen MR) is 121 cm³/mol. The van der Waals surface area contributed by atoms with E-state index in [0.29, 0.717) is 30.0 Å². The molecule has 10 heteroatoms. The van der Waals surface area contributed by atoms with Gasteiger partial charge in [0.25, 0.3) is 5.91 Å². The lowest BCUT2D eigenvalue weighted by Crippen LogP contribution is -2.41. The van der Waals surface area contributed by atoms with Crippen LogP contribution in [0.25, 0.3) is 10.9 Å². The monoisotopic (exact) mass is 475 g/mol. The molecule has 180 valence electrons. The van der Waals surface area contributed by atoms with Gasteiger partial charge in [0.15, 0.2) is 0 Å². The van der Waals surface area contributed by atoms with Crippen LogP contribution in [0.1, 0.15) is 54.2 Å². The van der Waals surface area contributed by atoms with E-state index in [4.69, 9.17) is 0 Å². The molecule has 1 saturated heterocycles. The summed E-state index contributed by atoms with van der Waals surface area (Å²) in [6, 6.07) is 6.97. The Morgan fingerprint density at radius 2 is 1.97 bits per heavy atom. The molecular formula is C24H25F4N5O. The van der Waals surface area contributed by atoms with Gasteiger partial charge >= 0.3 is 6.18 Å². The molecule has 0 radical (unpaired) electrons. The smallest absolute Gasteiger partial charge is 0.352 e. The van der Waals surface area contributed by atoms with E-state index in [1.807, 2.05) is 13.8 Å². The molecule has 2 aromatic carbocycles. The molecule has 0 saturated carbocycles. The molecule has 3 aromatic rings. The van der Waals surface area contributed by atoms with Crippen LogP contribution in [-0.4, -0.2) is 34.5 Å². The zero-order valence-corrected chi connectivity index (χ0v) is 18.7. The van der Waals surface area contributed by atoms with Crippen LogP contribution >= 0.6 is 0 Å². The summed E-state index contributed by atoms with van der Waals surface area (Å²) in [7, 11) is 0. The Morgan fingerprint density at radius 1 is 1.18 bits per heavy atom. The van der Waals surface area contributed by atoms with Gasteiger partial charge in [-0.1, -0.05) is 12.1 Å². The average molecular weight is 475 g/mol. The Bertz CT molecular complexity index is 1190. The number of alkyl halides is 3. The van der Waals surface area contributed by atoms with E-state index in [0.717, 1.165) is 23.9 Å². The van der Waals surface area contributed by atoms with Crippen molar-refractivity contribution in [2.24, 2.45) is 0 Å². The van der Waals surface area contributed by atoms with Crippen LogP contribution in [0.4, 0.5) is 23.5 Å². The Kier molecular flexibility index (Phi) is 6.70. The number of benzene rings is 2. The van der Waals surface area contributed by atoms with Crippen molar-refractivity contribution >= 4 is 22.8 Å². The molecule has 34 heavy (non-hydrogen) atoms. The van der Waals surface area contributed by atoms with Gasteiger partial charge in [-0.2, -0.15) is 13.2 Å². The summed E-state index contributed by atoms with van der Waals surface area (Å²) in [4.78, 5) is 21.8. The third-order valence-corrected chi connectivity index (χ3v) is 5.71. The molecule has 0 aliphatic carbocycles. The number of rotatable bonds is 6. The standard InChI is InChI=1S/C24H25F4N5O/c1-13(2)31-23-30-12-16-6-5-15(11-20(16)32-23)22(34)33-21(19-4-3-9-29-19)14-7-8-17(18(25)10-14)24(26,27)28/h5-8,10-13,19,21,29H,3-4,9H2,1-2H3,(H,33,34)(H,30,31,32)/t19-,21+/m1/s1. The number of hydrogen-bond donors (Lipinski definition) is 3. The summed E-state index contributed by atoms with van der Waals surface area (Å²) in [5.74, 6) is -1.36. The number of nitrogens with zero attached hydrogens (tertiary/aromatic N) is 2. The van der Waals surface area contributed by atoms with Crippen molar-refractivity contribution in [2.45, 2.75) is 51.0 Å². The number of aromatic nitrogens is 2. The van der Waals surface area contributed by atoms with E-state index in [1.165, 1.54) is 6.07 Å². The van der Waals surface area contributed by atoms with Gasteiger partial charge in [0.2, 0.25) is 5.95 Å². The van der Waals surface area contributed by atoms with E-state index in [-0.39, 0.29) is 17.6 Å². The molecule has 1 aromatic heterocycles. The van der Waals surface area contributed by atoms with Crippen LogP contribution < -0.4 is 16.0 Å². The second kappa shape index (κ2) is 9.54. The Balaban J connectivity index is 1.62. The highest BCUT2D eigenvalue weighted by atomic mass is 19.4. The molecule has 4 rings (SSSR count). The van der Waals surface area contributed by atoms with Gasteiger partial charge in [-0.05, 0) is 63.1 Å². The van der Waals surface area contributed by atoms with E-state index in [1.54, 1.807) is 24.4 Å². The molecule has 3 N–H and O–H groups in total. The first-order valence-electron chi connectivity index (χ1n) is 11.1. The molecule has 6 nitrogen and oxygen atoms in total. The van der Waals surface area contributed by atoms with Crippen LogP contribution in [0, 0.1) is 5.82 Å². The summed E-state index contributed by atoms with van der Waals surface area (Å²) in [5.41, 5.74) is -0.162. The number of carbonyl (C=O) groups excluding carboxylic acids is 1. The summed E-state index contributed by atoms with van der Waals surface area (Å²) in [6.07, 6.45) is -1.59. The van der Waals surface area contributed by atoms with Crippen molar-refractivity contribution in [3.8, 4) is 0 Å². The minimum atomic E-state index is -4.79. The molecular weight excluding hydrogens is 450 g/mol. The highest BCUT2D eigenvalue weighted by Crippen LogP contribution is 2.33. The van der Waals surface area contributed by atoms with Crippen LogP contribution in [0.3, 0.4) is 0 Å². The minimum absolute atomic E-state index is 0.132. The SMILES string of the molecule is CC(C)Nc1ncc2ccc(C(=O)N[C@@H](c3ccc(C(F)(F)F)c(F)c3)[C@H]3CCCN3)cc2n1. The molecule has 0 spiro atoms. The molecule has 1 amide bonds. The molecule has 2 heterocycles. The van der Waals surface area contributed by atoms with Crippen molar-refractivity contribution in [2.75, 3.05) is 11.9 Å². The fraction of sp³-hybridized carbons (Fsp3) is 0.375. The third-order valence-electron chi connectivity index (χ3n) is 5.71. The van der Waals surface area contributed by atoms with Gasteiger partial charge in [0.05, 0.1) is 17.1 Å². The number of carbonyl (C=O) groups is 1. The predicted octanol–water partition coefficient (Wildman–Crippen LogP) is 4.83. The highest BCUT2D eigenvalue weighted by Gasteiger charge is 2.35. The van der Waals surface area contributed by atoms with Crippen LogP contribution in [0.5, 0.6) is 0 Å². The second-order valence-electron chi connectivity index (χ2n) is 8.66. The lowest BCUT2D eigenvalue weighted by atomic mass is 9.96. The Labute approximate surface area is 194 Å². The minimum Gasteiger partial charge on any atom is -0.352 e. The van der Waals surface area contributed by atoms with Crippen molar-refractivity contribution in [3.05, 3.63) is 65.1 Å². The summed E-state index contributed by atoms with van der Waals surface area (Å²) in [5, 5.41) is 9.99. The molecule has 1 aliphatic rings. The fourth-order valence-electron chi connectivity index (χ4n) is 4.08. The molecule has 1 aliphatic heterocycles. The maximum Gasteiger partial charge on any atom is 0.419 e. The summed E-state index contributed by atoms with van der Waals surface area (Å²) < 4.78 is 53.3. The van der Waals surface area contributed by atoms with Gasteiger partial charge < -0.3 is 16.0 Å². The average Bonchev–Trinajstić information content (AvgIpc) is 3.30. The van der Waals surface area contributed by atoms with Crippen LogP contribution in [-0.2, 0) is 6.18 Å². The lowest BCUT2D eigenvalue weighted by molar-refractivity contribution is -0.140. The van der Waals surface area contributed by atoms with Crippen LogP contribution in [0.2, 0.25) is 0 Å². The number of nitrogens with one attached hydrogen (secondary N) is 3. The first-order valence-corrected chi connectivity index (χ1v) is 11.1. The van der Waals surface area contributed by atoms with E-state index in [2.05, 4.69) is 25.9 Å². The third kappa shape index (κ3) is 5.27. The lowest BCUT2D eigenvalue weighted by Gasteiger charge is -2.26. The second-order valence-corrected chi connectivity index (χ2v) is 8.66. The Hall–Kier alpha value is -3.27. The molecule has 0 unspecified atom stereocenters. The van der Waals surface area contributed by atoms with E-state index >= 15 is 0 Å². The normalized spacial score (nSPS) is 17.2. The number of amides is 1. The number of halogens is 4. The Morgan fingerprint density at radius 3 is 2.62 bits per heavy atom. The quantitative estimate of drug-likeness (QED) is 0.445. The van der Waals surface area contributed by atoms with Crippen molar-refractivity contribution in [1.82, 2.24) is 20.6 Å². The van der Waals surface area contributed by atoms with Crippen molar-refractivity contribution in [3.63, 3.8) is 0 Å². The van der Waals surface area contributed by atoms with Gasteiger partial charge in [-0.3, -0.25) is 4.79 Å². The van der Waals surface area contributed by atoms with Crippen molar-refractivity contribution in [1.29, 1.82) is 0 Å². The maximum atomic E-state index is 14.3.